The molecule has 0 heteroatoms. The summed E-state index contributed by atoms with van der Waals surface area (Å²) in [6, 6.07) is 10.8. The van der Waals surface area contributed by atoms with Gasteiger partial charge in [-0.1, -0.05) is 115 Å². The first-order valence-electron chi connectivity index (χ1n) is 9.22. The molecule has 0 nitrogen and oxygen atoms in total. The van der Waals surface area contributed by atoms with Crippen LogP contribution < -0.4 is 0 Å². The third-order valence-corrected chi connectivity index (χ3v) is 4.42. The van der Waals surface area contributed by atoms with E-state index in [-0.39, 0.29) is 0 Å². The van der Waals surface area contributed by atoms with Crippen molar-refractivity contribution in [3.8, 4) is 0 Å². The van der Waals surface area contributed by atoms with Crippen molar-refractivity contribution in [1.82, 2.24) is 0 Å². The summed E-state index contributed by atoms with van der Waals surface area (Å²) in [5.74, 6) is 1.55. The summed E-state index contributed by atoms with van der Waals surface area (Å²) >= 11 is 0. The van der Waals surface area contributed by atoms with Crippen LogP contribution in [0.25, 0.3) is 0 Å². The number of hydrogen-bond acceptors (Lipinski definition) is 0. The lowest BCUT2D eigenvalue weighted by Gasteiger charge is -2.10. The Balaban J connectivity index is 1.86. The summed E-state index contributed by atoms with van der Waals surface area (Å²) in [6.07, 6.45) is 17.0. The maximum Gasteiger partial charge on any atom is 0.00189 e. The first-order chi connectivity index (χ1) is 10.3. The van der Waals surface area contributed by atoms with E-state index in [1.165, 1.54) is 82.6 Å². The number of rotatable bonds is 13. The third-order valence-electron chi connectivity index (χ3n) is 4.42. The summed E-state index contributed by atoms with van der Waals surface area (Å²) in [4.78, 5) is 0. The Labute approximate surface area is 133 Å². The van der Waals surface area contributed by atoms with Crippen LogP contribution in [-0.2, 0) is 0 Å². The normalized spacial score (nSPS) is 11.2. The lowest BCUT2D eigenvalue weighted by molar-refractivity contribution is 0.546. The molecule has 0 heterocycles. The van der Waals surface area contributed by atoms with E-state index in [9.17, 15) is 0 Å². The molecule has 0 saturated heterocycles. The predicted molar refractivity (Wildman–Crippen MR) is 95.5 cm³/mol. The van der Waals surface area contributed by atoms with Crippen LogP contribution in [0.2, 0.25) is 0 Å². The van der Waals surface area contributed by atoms with Crippen molar-refractivity contribution >= 4 is 0 Å². The van der Waals surface area contributed by atoms with Gasteiger partial charge in [-0.05, 0) is 12.0 Å². The second kappa shape index (κ2) is 12.9. The molecular formula is C21H35. The van der Waals surface area contributed by atoms with E-state index >= 15 is 0 Å². The van der Waals surface area contributed by atoms with Crippen LogP contribution in [0, 0.1) is 5.92 Å². The predicted octanol–water partition coefficient (Wildman–Crippen LogP) is 7.33. The van der Waals surface area contributed by atoms with E-state index in [1.54, 1.807) is 5.92 Å². The molecule has 0 unspecified atom stereocenters. The largest absolute Gasteiger partial charge is 0.0654 e. The van der Waals surface area contributed by atoms with Crippen LogP contribution in [0.5, 0.6) is 0 Å². The molecule has 119 valence electrons. The summed E-state index contributed by atoms with van der Waals surface area (Å²) in [7, 11) is 0. The molecule has 1 aromatic carbocycles. The molecule has 1 aromatic rings. The molecule has 0 aromatic heterocycles. The molecule has 0 fully saturated rings. The molecule has 0 bridgehead atoms. The van der Waals surface area contributed by atoms with E-state index in [0.29, 0.717) is 0 Å². The van der Waals surface area contributed by atoms with Crippen molar-refractivity contribution in [2.75, 3.05) is 0 Å². The molecule has 0 aliphatic carbocycles. The molecule has 1 radical (unpaired) electrons. The van der Waals surface area contributed by atoms with Gasteiger partial charge < -0.3 is 0 Å². The van der Waals surface area contributed by atoms with E-state index in [4.69, 9.17) is 0 Å². The first-order valence-corrected chi connectivity index (χ1v) is 9.22. The van der Waals surface area contributed by atoms with Crippen molar-refractivity contribution in [3.05, 3.63) is 41.8 Å². The van der Waals surface area contributed by atoms with Gasteiger partial charge in [-0.25, -0.2) is 0 Å². The van der Waals surface area contributed by atoms with E-state index < -0.39 is 0 Å². The summed E-state index contributed by atoms with van der Waals surface area (Å²) in [6.45, 7) is 4.57. The Morgan fingerprint density at radius 3 is 1.67 bits per heavy atom. The van der Waals surface area contributed by atoms with Crippen LogP contribution in [0.4, 0.5) is 0 Å². The van der Waals surface area contributed by atoms with Gasteiger partial charge in [0.2, 0.25) is 0 Å². The fourth-order valence-electron chi connectivity index (χ4n) is 2.92. The number of unbranched alkanes of at least 4 members (excludes halogenated alkanes) is 10. The average molecular weight is 288 g/mol. The zero-order valence-corrected chi connectivity index (χ0v) is 14.4. The van der Waals surface area contributed by atoms with Gasteiger partial charge in [-0.15, -0.1) is 0 Å². The van der Waals surface area contributed by atoms with Crippen molar-refractivity contribution in [2.24, 2.45) is 0 Å². The molecule has 1 rings (SSSR count). The monoisotopic (exact) mass is 287 g/mol. The van der Waals surface area contributed by atoms with E-state index in [1.807, 2.05) is 0 Å². The standard InChI is InChI=1S/C21H35/c1-3-4-5-6-7-8-9-10-11-12-14-17-20(2)21-18-15-13-16-19-21/h13,15-16,18-19H,3-12,14,17H2,1-2H3. The van der Waals surface area contributed by atoms with Gasteiger partial charge in [0, 0.05) is 5.92 Å². The second-order valence-corrected chi connectivity index (χ2v) is 6.43. The van der Waals surface area contributed by atoms with Crippen molar-refractivity contribution < 1.29 is 0 Å². The molecule has 21 heavy (non-hydrogen) atoms. The van der Waals surface area contributed by atoms with Gasteiger partial charge in [0.05, 0.1) is 0 Å². The zero-order valence-electron chi connectivity index (χ0n) is 14.4. The Kier molecular flexibility index (Phi) is 11.2. The Morgan fingerprint density at radius 1 is 0.667 bits per heavy atom. The Bertz CT molecular complexity index is 314. The van der Waals surface area contributed by atoms with Gasteiger partial charge >= 0.3 is 0 Å². The first kappa shape index (κ1) is 18.3. The van der Waals surface area contributed by atoms with Crippen molar-refractivity contribution in [1.29, 1.82) is 0 Å². The van der Waals surface area contributed by atoms with Crippen LogP contribution in [0.1, 0.15) is 96.5 Å². The molecule has 0 atom stereocenters. The highest BCUT2D eigenvalue weighted by Gasteiger charge is 2.04. The van der Waals surface area contributed by atoms with Crippen LogP contribution in [0.3, 0.4) is 0 Å². The quantitative estimate of drug-likeness (QED) is 0.333. The van der Waals surface area contributed by atoms with Crippen LogP contribution >= 0.6 is 0 Å². The van der Waals surface area contributed by atoms with Crippen LogP contribution in [-0.4, -0.2) is 0 Å². The molecule has 0 spiro atoms. The van der Waals surface area contributed by atoms with Gasteiger partial charge in [-0.2, -0.15) is 0 Å². The minimum absolute atomic E-state index is 1.26. The minimum Gasteiger partial charge on any atom is -0.0654 e. The van der Waals surface area contributed by atoms with E-state index in [0.717, 1.165) is 0 Å². The van der Waals surface area contributed by atoms with Gasteiger partial charge in [0.1, 0.15) is 0 Å². The Hall–Kier alpha value is -0.780. The average Bonchev–Trinajstić information content (AvgIpc) is 2.53. The molecule has 0 amide bonds. The summed E-state index contributed by atoms with van der Waals surface area (Å²) < 4.78 is 0. The second-order valence-electron chi connectivity index (χ2n) is 6.43. The molecular weight excluding hydrogens is 252 g/mol. The lowest BCUT2D eigenvalue weighted by Crippen LogP contribution is -1.94. The van der Waals surface area contributed by atoms with Crippen molar-refractivity contribution in [3.63, 3.8) is 0 Å². The summed E-state index contributed by atoms with van der Waals surface area (Å²) in [5, 5.41) is 0. The number of benzene rings is 1. The maximum absolute atomic E-state index is 2.29. The van der Waals surface area contributed by atoms with Crippen molar-refractivity contribution in [2.45, 2.75) is 90.9 Å². The molecule has 0 aliphatic heterocycles. The fourth-order valence-corrected chi connectivity index (χ4v) is 2.92. The van der Waals surface area contributed by atoms with Gasteiger partial charge in [0.25, 0.3) is 0 Å². The Morgan fingerprint density at radius 2 is 1.14 bits per heavy atom. The number of hydrogen-bond donors (Lipinski definition) is 0. The summed E-state index contributed by atoms with van der Waals surface area (Å²) in [5.41, 5.74) is 1.42. The van der Waals surface area contributed by atoms with Gasteiger partial charge in [-0.3, -0.25) is 0 Å². The zero-order chi connectivity index (χ0) is 15.2. The smallest absolute Gasteiger partial charge is 0.00189 e. The fraction of sp³-hybridized carbons (Fsp3) is 0.667. The van der Waals surface area contributed by atoms with Crippen LogP contribution in [0.15, 0.2) is 30.3 Å². The van der Waals surface area contributed by atoms with Gasteiger partial charge in [0.15, 0.2) is 0 Å². The topological polar surface area (TPSA) is 0 Å². The molecule has 0 saturated carbocycles. The highest BCUT2D eigenvalue weighted by molar-refractivity contribution is 5.28. The lowest BCUT2D eigenvalue weighted by atomic mass is 9.95. The maximum atomic E-state index is 2.29. The minimum atomic E-state index is 1.26. The highest BCUT2D eigenvalue weighted by Crippen LogP contribution is 2.21. The molecule has 0 aliphatic rings. The highest BCUT2D eigenvalue weighted by atomic mass is 14.1. The van der Waals surface area contributed by atoms with E-state index in [2.05, 4.69) is 44.2 Å². The molecule has 0 N–H and O–H groups in total. The SMILES string of the molecule is CCCCCCCCCCCCC[C](C)c1ccccc1. The third kappa shape index (κ3) is 9.72.